The highest BCUT2D eigenvalue weighted by Crippen LogP contribution is 2.31. The summed E-state index contributed by atoms with van der Waals surface area (Å²) in [5.74, 6) is 1.04. The van der Waals surface area contributed by atoms with Gasteiger partial charge in [0.1, 0.15) is 0 Å². The zero-order valence-corrected chi connectivity index (χ0v) is 21.5. The molecule has 2 fully saturated rings. The number of thioether (sulfide) groups is 1. The Labute approximate surface area is 211 Å². The molecule has 2 saturated heterocycles. The Hall–Kier alpha value is -2.38. The summed E-state index contributed by atoms with van der Waals surface area (Å²) in [6.45, 7) is 4.70. The summed E-state index contributed by atoms with van der Waals surface area (Å²) >= 11 is 1.60. The molecule has 0 aliphatic carbocycles. The first kappa shape index (κ1) is 24.3. The molecule has 0 unspecified atom stereocenters. The molecule has 3 heterocycles. The van der Waals surface area contributed by atoms with Crippen LogP contribution in [0.2, 0.25) is 0 Å². The number of aromatic nitrogens is 2. The van der Waals surface area contributed by atoms with E-state index in [0.29, 0.717) is 47.3 Å². The molecule has 2 aliphatic rings. The molecule has 35 heavy (non-hydrogen) atoms. The van der Waals surface area contributed by atoms with Gasteiger partial charge >= 0.3 is 0 Å². The summed E-state index contributed by atoms with van der Waals surface area (Å²) in [6, 6.07) is 15.1. The van der Waals surface area contributed by atoms with Crippen LogP contribution in [0.1, 0.15) is 43.7 Å². The Balaban J connectivity index is 1.47. The molecule has 0 spiro atoms. The minimum Gasteiger partial charge on any atom is -0.376 e. The van der Waals surface area contributed by atoms with Gasteiger partial charge in [-0.2, -0.15) is 9.57 Å². The second-order valence-corrected chi connectivity index (χ2v) is 12.4. The van der Waals surface area contributed by atoms with E-state index in [2.05, 4.69) is 17.6 Å². The smallest absolute Gasteiger partial charge is 0.243 e. The summed E-state index contributed by atoms with van der Waals surface area (Å²) in [5.41, 5.74) is 3.28. The predicted octanol–water partition coefficient (Wildman–Crippen LogP) is 4.80. The van der Waals surface area contributed by atoms with Crippen LogP contribution < -0.4 is 0 Å². The molecule has 0 N–H and O–H groups in total. The predicted molar refractivity (Wildman–Crippen MR) is 137 cm³/mol. The van der Waals surface area contributed by atoms with E-state index in [4.69, 9.17) is 9.72 Å². The minimum absolute atomic E-state index is 0.131. The van der Waals surface area contributed by atoms with Crippen molar-refractivity contribution in [3.8, 4) is 6.07 Å². The van der Waals surface area contributed by atoms with Crippen LogP contribution in [-0.2, 0) is 27.1 Å². The lowest BCUT2D eigenvalue weighted by Gasteiger charge is -2.30. The number of hydrogen-bond donors (Lipinski definition) is 0. The van der Waals surface area contributed by atoms with Gasteiger partial charge in [-0.15, -0.1) is 0 Å². The number of imidazole rings is 1. The highest BCUT2D eigenvalue weighted by molar-refractivity contribution is 7.98. The van der Waals surface area contributed by atoms with E-state index < -0.39 is 10.0 Å². The molecule has 184 valence electrons. The Morgan fingerprint density at radius 1 is 1.20 bits per heavy atom. The summed E-state index contributed by atoms with van der Waals surface area (Å²) < 4.78 is 36.4. The Kier molecular flexibility index (Phi) is 7.17. The topological polar surface area (TPSA) is 88.2 Å². The molecule has 0 bridgehead atoms. The first-order valence-corrected chi connectivity index (χ1v) is 14.6. The van der Waals surface area contributed by atoms with Crippen LogP contribution in [0.5, 0.6) is 0 Å². The SMILES string of the molecule is C[C@@H]1CCCN(S(=O)(=O)c2ccc3c(c2)nc(SCc2cccc(C#N)c2)n3C[C@H]2CCCO2)C1. The molecule has 2 aliphatic heterocycles. The molecule has 2 atom stereocenters. The molecule has 1 aromatic heterocycles. The fourth-order valence-electron chi connectivity index (χ4n) is 4.92. The molecule has 0 saturated carbocycles. The average Bonchev–Trinajstić information content (AvgIpc) is 3.51. The van der Waals surface area contributed by atoms with E-state index in [-0.39, 0.29) is 6.10 Å². The highest BCUT2D eigenvalue weighted by Gasteiger charge is 2.29. The van der Waals surface area contributed by atoms with E-state index in [1.165, 1.54) is 0 Å². The number of sulfonamides is 1. The quantitative estimate of drug-likeness (QED) is 0.424. The van der Waals surface area contributed by atoms with Crippen molar-refractivity contribution in [2.75, 3.05) is 19.7 Å². The lowest BCUT2D eigenvalue weighted by Crippen LogP contribution is -2.39. The van der Waals surface area contributed by atoms with Gasteiger partial charge in [0.25, 0.3) is 0 Å². The van der Waals surface area contributed by atoms with E-state index in [9.17, 15) is 13.7 Å². The molecule has 0 radical (unpaired) electrons. The number of piperidine rings is 1. The van der Waals surface area contributed by atoms with Gasteiger partial charge in [-0.1, -0.05) is 30.8 Å². The number of hydrogen-bond acceptors (Lipinski definition) is 6. The maximum atomic E-state index is 13.4. The van der Waals surface area contributed by atoms with Crippen LogP contribution in [-0.4, -0.2) is 48.1 Å². The van der Waals surface area contributed by atoms with E-state index in [0.717, 1.165) is 48.5 Å². The number of fused-ring (bicyclic) bond motifs is 1. The number of ether oxygens (including phenoxy) is 1. The molecular weight excluding hydrogens is 480 g/mol. The van der Waals surface area contributed by atoms with Crippen LogP contribution in [0.4, 0.5) is 0 Å². The number of benzene rings is 2. The van der Waals surface area contributed by atoms with E-state index in [1.54, 1.807) is 34.3 Å². The Morgan fingerprint density at radius 2 is 2.09 bits per heavy atom. The zero-order chi connectivity index (χ0) is 24.4. The van der Waals surface area contributed by atoms with Crippen molar-refractivity contribution in [1.29, 1.82) is 5.26 Å². The van der Waals surface area contributed by atoms with Gasteiger partial charge in [0.15, 0.2) is 5.16 Å². The standard InChI is InChI=1S/C26H30N4O3S2/c1-19-5-3-11-29(16-19)35(31,32)23-9-10-25-24(14-23)28-26(30(25)17-22-8-4-12-33-22)34-18-21-7-2-6-20(13-21)15-27/h2,6-7,9-10,13-14,19,22H,3-5,8,11-12,16-18H2,1H3/t19-,22-/m1/s1. The van der Waals surface area contributed by atoms with Gasteiger partial charge in [0, 0.05) is 25.4 Å². The maximum Gasteiger partial charge on any atom is 0.243 e. The molecule has 2 aromatic carbocycles. The normalized spacial score (nSPS) is 21.4. The third kappa shape index (κ3) is 5.26. The van der Waals surface area contributed by atoms with Gasteiger partial charge in [-0.25, -0.2) is 13.4 Å². The summed E-state index contributed by atoms with van der Waals surface area (Å²) in [7, 11) is -3.55. The van der Waals surface area contributed by atoms with Gasteiger partial charge in [0.05, 0.1) is 40.2 Å². The van der Waals surface area contributed by atoms with Crippen molar-refractivity contribution in [3.63, 3.8) is 0 Å². The van der Waals surface area contributed by atoms with E-state index in [1.807, 2.05) is 24.3 Å². The van der Waals surface area contributed by atoms with E-state index >= 15 is 0 Å². The fourth-order valence-corrected chi connectivity index (χ4v) is 7.50. The van der Waals surface area contributed by atoms with Crippen LogP contribution in [0.3, 0.4) is 0 Å². The molecule has 0 amide bonds. The second kappa shape index (κ2) is 10.3. The van der Waals surface area contributed by atoms with Crippen molar-refractivity contribution in [2.24, 2.45) is 5.92 Å². The van der Waals surface area contributed by atoms with Crippen molar-refractivity contribution < 1.29 is 13.2 Å². The minimum atomic E-state index is -3.55. The third-order valence-electron chi connectivity index (χ3n) is 6.78. The second-order valence-electron chi connectivity index (χ2n) is 9.50. The zero-order valence-electron chi connectivity index (χ0n) is 19.9. The summed E-state index contributed by atoms with van der Waals surface area (Å²) in [4.78, 5) is 5.17. The molecule has 5 rings (SSSR count). The van der Waals surface area contributed by atoms with Crippen molar-refractivity contribution >= 4 is 32.8 Å². The van der Waals surface area contributed by atoms with Gasteiger partial charge in [0.2, 0.25) is 10.0 Å². The van der Waals surface area contributed by atoms with Crippen molar-refractivity contribution in [1.82, 2.24) is 13.9 Å². The number of nitriles is 1. The highest BCUT2D eigenvalue weighted by atomic mass is 32.2. The number of rotatable bonds is 7. The maximum absolute atomic E-state index is 13.4. The van der Waals surface area contributed by atoms with Gasteiger partial charge < -0.3 is 9.30 Å². The molecular formula is C26H30N4O3S2. The number of nitrogens with zero attached hydrogens (tertiary/aromatic N) is 4. The first-order chi connectivity index (χ1) is 16.9. The fraction of sp³-hybridized carbons (Fsp3) is 0.462. The van der Waals surface area contributed by atoms with Gasteiger partial charge in [-0.3, -0.25) is 0 Å². The van der Waals surface area contributed by atoms with Crippen molar-refractivity contribution in [2.45, 2.75) is 61.1 Å². The first-order valence-electron chi connectivity index (χ1n) is 12.2. The third-order valence-corrected chi connectivity index (χ3v) is 9.69. The Bertz CT molecular complexity index is 1360. The van der Waals surface area contributed by atoms with Crippen LogP contribution in [0.25, 0.3) is 11.0 Å². The van der Waals surface area contributed by atoms with Crippen molar-refractivity contribution in [3.05, 3.63) is 53.6 Å². The van der Waals surface area contributed by atoms with Crippen LogP contribution in [0, 0.1) is 17.2 Å². The lowest BCUT2D eigenvalue weighted by atomic mass is 10.0. The monoisotopic (exact) mass is 510 g/mol. The largest absolute Gasteiger partial charge is 0.376 e. The summed E-state index contributed by atoms with van der Waals surface area (Å²) in [6.07, 6.45) is 4.15. The van der Waals surface area contributed by atoms with Crippen LogP contribution >= 0.6 is 11.8 Å². The molecule has 7 nitrogen and oxygen atoms in total. The van der Waals surface area contributed by atoms with Crippen LogP contribution in [0.15, 0.2) is 52.5 Å². The Morgan fingerprint density at radius 3 is 2.86 bits per heavy atom. The molecule has 3 aromatic rings. The summed E-state index contributed by atoms with van der Waals surface area (Å²) in [5, 5.41) is 10.0. The van der Waals surface area contributed by atoms with Gasteiger partial charge in [-0.05, 0) is 67.5 Å². The lowest BCUT2D eigenvalue weighted by molar-refractivity contribution is 0.0960. The average molecular weight is 511 g/mol. The molecule has 9 heteroatoms.